The van der Waals surface area contributed by atoms with Crippen molar-refractivity contribution in [2.24, 2.45) is 5.10 Å². The highest BCUT2D eigenvalue weighted by atomic mass is 79.9. The van der Waals surface area contributed by atoms with Crippen molar-refractivity contribution in [3.8, 4) is 0 Å². The molecule has 1 aliphatic rings. The summed E-state index contributed by atoms with van der Waals surface area (Å²) in [6.07, 6.45) is 8.83. The number of carboxylic acids is 1. The summed E-state index contributed by atoms with van der Waals surface area (Å²) in [5.74, 6) is -0.0391. The van der Waals surface area contributed by atoms with Gasteiger partial charge in [0.25, 0.3) is 5.56 Å². The van der Waals surface area contributed by atoms with Crippen LogP contribution in [-0.4, -0.2) is 31.5 Å². The highest BCUT2D eigenvalue weighted by Crippen LogP contribution is 2.32. The zero-order chi connectivity index (χ0) is 23.8. The van der Waals surface area contributed by atoms with Crippen molar-refractivity contribution in [1.29, 1.82) is 0 Å². The SMILES string of the molecule is C[C@H](C(=O)O)n1cc(C=Nn2c(C3CCCCC3)nc3ccc(Br)cc3c2=O)c2ccccc21. The van der Waals surface area contributed by atoms with Crippen LogP contribution in [0.3, 0.4) is 0 Å². The lowest BCUT2D eigenvalue weighted by Crippen LogP contribution is -2.25. The van der Waals surface area contributed by atoms with Gasteiger partial charge in [-0.15, -0.1) is 0 Å². The van der Waals surface area contributed by atoms with E-state index in [4.69, 9.17) is 4.98 Å². The summed E-state index contributed by atoms with van der Waals surface area (Å²) in [5, 5.41) is 15.6. The Bertz CT molecular complexity index is 1480. The minimum absolute atomic E-state index is 0.181. The monoisotopic (exact) mass is 520 g/mol. The summed E-state index contributed by atoms with van der Waals surface area (Å²) in [7, 11) is 0. The van der Waals surface area contributed by atoms with Gasteiger partial charge in [-0.1, -0.05) is 53.4 Å². The van der Waals surface area contributed by atoms with E-state index in [-0.39, 0.29) is 11.5 Å². The van der Waals surface area contributed by atoms with E-state index in [2.05, 4.69) is 21.0 Å². The highest BCUT2D eigenvalue weighted by Gasteiger charge is 2.23. The van der Waals surface area contributed by atoms with Crippen LogP contribution in [0.1, 0.15) is 62.4 Å². The zero-order valence-corrected chi connectivity index (χ0v) is 20.4. The fourth-order valence-electron chi connectivity index (χ4n) is 4.80. The van der Waals surface area contributed by atoms with Gasteiger partial charge in [-0.3, -0.25) is 4.79 Å². The molecule has 0 bridgehead atoms. The number of hydrogen-bond donors (Lipinski definition) is 1. The molecule has 1 N–H and O–H groups in total. The minimum atomic E-state index is -0.913. The third-order valence-corrected chi connectivity index (χ3v) is 7.16. The molecule has 1 atom stereocenters. The molecular formula is C26H25BrN4O3. The molecule has 174 valence electrons. The second-order valence-corrected chi connectivity index (χ2v) is 9.77. The van der Waals surface area contributed by atoms with Crippen LogP contribution in [0.15, 0.2) is 63.0 Å². The first kappa shape index (κ1) is 22.5. The number of para-hydroxylation sites is 1. The van der Waals surface area contributed by atoms with Crippen LogP contribution in [0.4, 0.5) is 0 Å². The molecule has 1 aliphatic carbocycles. The van der Waals surface area contributed by atoms with Gasteiger partial charge in [0.2, 0.25) is 0 Å². The largest absolute Gasteiger partial charge is 0.480 e. The van der Waals surface area contributed by atoms with E-state index in [0.717, 1.165) is 46.6 Å². The molecule has 0 saturated heterocycles. The van der Waals surface area contributed by atoms with Crippen LogP contribution in [0.25, 0.3) is 21.8 Å². The number of rotatable bonds is 5. The first-order valence-corrected chi connectivity index (χ1v) is 12.3. The zero-order valence-electron chi connectivity index (χ0n) is 18.8. The van der Waals surface area contributed by atoms with Crippen LogP contribution >= 0.6 is 15.9 Å². The molecule has 5 rings (SSSR count). The molecule has 0 radical (unpaired) electrons. The van der Waals surface area contributed by atoms with E-state index in [1.807, 2.05) is 36.4 Å². The van der Waals surface area contributed by atoms with Crippen molar-refractivity contribution in [2.75, 3.05) is 0 Å². The molecule has 2 heterocycles. The van der Waals surface area contributed by atoms with Crippen molar-refractivity contribution in [1.82, 2.24) is 14.2 Å². The van der Waals surface area contributed by atoms with Crippen molar-refractivity contribution in [3.63, 3.8) is 0 Å². The van der Waals surface area contributed by atoms with E-state index < -0.39 is 12.0 Å². The van der Waals surface area contributed by atoms with Crippen LogP contribution in [0.2, 0.25) is 0 Å². The van der Waals surface area contributed by atoms with Crippen molar-refractivity contribution in [2.45, 2.75) is 51.0 Å². The van der Waals surface area contributed by atoms with E-state index >= 15 is 0 Å². The summed E-state index contributed by atoms with van der Waals surface area (Å²) in [6.45, 7) is 1.65. The Balaban J connectivity index is 1.67. The average molecular weight is 521 g/mol. The fourth-order valence-corrected chi connectivity index (χ4v) is 5.16. The van der Waals surface area contributed by atoms with Gasteiger partial charge in [0, 0.05) is 33.1 Å². The molecule has 1 saturated carbocycles. The smallest absolute Gasteiger partial charge is 0.326 e. The predicted molar refractivity (Wildman–Crippen MR) is 137 cm³/mol. The number of benzene rings is 2. The first-order chi connectivity index (χ1) is 16.4. The van der Waals surface area contributed by atoms with E-state index in [0.29, 0.717) is 16.7 Å². The Hall–Kier alpha value is -3.26. The molecular weight excluding hydrogens is 496 g/mol. The fraction of sp³-hybridized carbons (Fsp3) is 0.308. The summed E-state index contributed by atoms with van der Waals surface area (Å²) >= 11 is 3.45. The first-order valence-electron chi connectivity index (χ1n) is 11.5. The summed E-state index contributed by atoms with van der Waals surface area (Å²) in [5.41, 5.74) is 2.02. The minimum Gasteiger partial charge on any atom is -0.480 e. The molecule has 34 heavy (non-hydrogen) atoms. The molecule has 2 aromatic heterocycles. The van der Waals surface area contributed by atoms with E-state index in [1.54, 1.807) is 30.0 Å². The maximum Gasteiger partial charge on any atom is 0.326 e. The quantitative estimate of drug-likeness (QED) is 0.342. The molecule has 7 nitrogen and oxygen atoms in total. The second kappa shape index (κ2) is 9.18. The van der Waals surface area contributed by atoms with Crippen molar-refractivity contribution >= 4 is 49.9 Å². The Labute approximate surface area is 204 Å². The topological polar surface area (TPSA) is 89.5 Å². The van der Waals surface area contributed by atoms with Crippen LogP contribution < -0.4 is 5.56 Å². The van der Waals surface area contributed by atoms with Crippen LogP contribution in [0.5, 0.6) is 0 Å². The summed E-state index contributed by atoms with van der Waals surface area (Å²) < 4.78 is 3.97. The number of aromatic nitrogens is 3. The van der Waals surface area contributed by atoms with Gasteiger partial charge in [-0.25, -0.2) is 9.78 Å². The Kier molecular flexibility index (Phi) is 6.08. The molecule has 8 heteroatoms. The number of carboxylic acid groups (broad SMARTS) is 1. The number of hydrogen-bond acceptors (Lipinski definition) is 4. The van der Waals surface area contributed by atoms with Gasteiger partial charge in [0.1, 0.15) is 11.9 Å². The molecule has 0 amide bonds. The summed E-state index contributed by atoms with van der Waals surface area (Å²) in [4.78, 5) is 30.1. The van der Waals surface area contributed by atoms with E-state index in [1.165, 1.54) is 11.1 Å². The second-order valence-electron chi connectivity index (χ2n) is 8.85. The Morgan fingerprint density at radius 3 is 2.71 bits per heavy atom. The van der Waals surface area contributed by atoms with Crippen molar-refractivity contribution < 1.29 is 9.90 Å². The normalized spacial score (nSPS) is 15.9. The lowest BCUT2D eigenvalue weighted by molar-refractivity contribution is -0.140. The van der Waals surface area contributed by atoms with Gasteiger partial charge >= 0.3 is 5.97 Å². The molecule has 0 spiro atoms. The number of nitrogens with zero attached hydrogens (tertiary/aromatic N) is 4. The molecule has 1 fully saturated rings. The Morgan fingerprint density at radius 1 is 1.18 bits per heavy atom. The lowest BCUT2D eigenvalue weighted by atomic mass is 9.88. The number of aliphatic carboxylic acids is 1. The van der Waals surface area contributed by atoms with Gasteiger partial charge in [-0.05, 0) is 44.0 Å². The van der Waals surface area contributed by atoms with Crippen molar-refractivity contribution in [3.05, 3.63) is 74.9 Å². The van der Waals surface area contributed by atoms with Gasteiger partial charge < -0.3 is 9.67 Å². The van der Waals surface area contributed by atoms with Crippen LogP contribution in [0, 0.1) is 0 Å². The Morgan fingerprint density at radius 2 is 1.94 bits per heavy atom. The number of fused-ring (bicyclic) bond motifs is 2. The third-order valence-electron chi connectivity index (χ3n) is 6.66. The average Bonchev–Trinajstić information content (AvgIpc) is 3.22. The lowest BCUT2D eigenvalue weighted by Gasteiger charge is -2.22. The van der Waals surface area contributed by atoms with Gasteiger partial charge in [-0.2, -0.15) is 9.78 Å². The molecule has 4 aromatic rings. The predicted octanol–water partition coefficient (Wildman–Crippen LogP) is 5.69. The summed E-state index contributed by atoms with van der Waals surface area (Å²) in [6, 6.07) is 12.4. The molecule has 0 aliphatic heterocycles. The van der Waals surface area contributed by atoms with Gasteiger partial charge in [0.05, 0.1) is 17.1 Å². The number of halogens is 1. The third kappa shape index (κ3) is 4.07. The van der Waals surface area contributed by atoms with Crippen LogP contribution in [-0.2, 0) is 4.79 Å². The standard InChI is InChI=1S/C26H25BrN4O3/c1-16(26(33)34)30-15-18(20-9-5-6-10-23(20)30)14-28-31-24(17-7-3-2-4-8-17)29-22-12-11-19(27)13-21(22)25(31)32/h5-6,9-17H,2-4,7-8H2,1H3,(H,33,34)/t16-/m1/s1. The van der Waals surface area contributed by atoms with E-state index in [9.17, 15) is 14.7 Å². The molecule has 0 unspecified atom stereocenters. The van der Waals surface area contributed by atoms with Gasteiger partial charge in [0.15, 0.2) is 0 Å². The highest BCUT2D eigenvalue weighted by molar-refractivity contribution is 9.10. The number of carbonyl (C=O) groups is 1. The maximum atomic E-state index is 13.5. The molecule has 2 aromatic carbocycles. The maximum absolute atomic E-state index is 13.5.